The maximum Gasteiger partial charge on any atom is 0.266 e. The standard InChI is InChI=1S/C26H25N3O6S/c1-17-5-7-21(8-6-17)29-36(31,32)22-11-9-20(10-12-22)28-26(30)19(16-27)13-18-14-23(33-2)25(35-4)24(15-18)34-3/h5-15,29H,1-4H3,(H,28,30). The van der Waals surface area contributed by atoms with E-state index in [1.807, 2.05) is 13.0 Å². The molecule has 0 fully saturated rings. The SMILES string of the molecule is COc1cc(C=C(C#N)C(=O)Nc2ccc(S(=O)(=O)Nc3ccc(C)cc3)cc2)cc(OC)c1OC. The lowest BCUT2D eigenvalue weighted by atomic mass is 10.1. The van der Waals surface area contributed by atoms with Crippen LogP contribution in [0.4, 0.5) is 11.4 Å². The maximum absolute atomic E-state index is 12.7. The summed E-state index contributed by atoms with van der Waals surface area (Å²) in [4.78, 5) is 12.7. The Bertz CT molecular complexity index is 1400. The van der Waals surface area contributed by atoms with Crippen LogP contribution < -0.4 is 24.2 Å². The number of nitrogens with one attached hydrogen (secondary N) is 2. The summed E-state index contributed by atoms with van der Waals surface area (Å²) in [5.41, 5.74) is 2.07. The van der Waals surface area contributed by atoms with E-state index in [2.05, 4.69) is 10.0 Å². The molecule has 0 aliphatic heterocycles. The Kier molecular flexibility index (Phi) is 8.19. The predicted octanol–water partition coefficient (Wildman–Crippen LogP) is 4.37. The molecule has 0 aliphatic carbocycles. The van der Waals surface area contributed by atoms with Crippen molar-refractivity contribution in [2.24, 2.45) is 0 Å². The van der Waals surface area contributed by atoms with Gasteiger partial charge in [-0.1, -0.05) is 17.7 Å². The van der Waals surface area contributed by atoms with Crippen LogP contribution in [0.2, 0.25) is 0 Å². The van der Waals surface area contributed by atoms with Gasteiger partial charge in [-0.05, 0) is 67.1 Å². The summed E-state index contributed by atoms with van der Waals surface area (Å²) < 4.78 is 43.7. The van der Waals surface area contributed by atoms with Gasteiger partial charge in [0.25, 0.3) is 15.9 Å². The van der Waals surface area contributed by atoms with Crippen LogP contribution >= 0.6 is 0 Å². The fourth-order valence-corrected chi connectivity index (χ4v) is 4.31. The number of nitriles is 1. The molecule has 0 heterocycles. The van der Waals surface area contributed by atoms with E-state index < -0.39 is 15.9 Å². The third-order valence-corrected chi connectivity index (χ3v) is 6.49. The van der Waals surface area contributed by atoms with E-state index in [4.69, 9.17) is 14.2 Å². The van der Waals surface area contributed by atoms with Gasteiger partial charge in [-0.15, -0.1) is 0 Å². The Morgan fingerprint density at radius 3 is 1.94 bits per heavy atom. The Morgan fingerprint density at radius 1 is 0.889 bits per heavy atom. The molecule has 3 rings (SSSR count). The van der Waals surface area contributed by atoms with E-state index in [1.165, 1.54) is 51.7 Å². The zero-order valence-electron chi connectivity index (χ0n) is 20.2. The van der Waals surface area contributed by atoms with Crippen LogP contribution in [-0.4, -0.2) is 35.7 Å². The molecule has 36 heavy (non-hydrogen) atoms. The Balaban J connectivity index is 1.78. The first-order chi connectivity index (χ1) is 17.2. The topological polar surface area (TPSA) is 127 Å². The lowest BCUT2D eigenvalue weighted by Crippen LogP contribution is -2.15. The van der Waals surface area contributed by atoms with Crippen molar-refractivity contribution in [2.45, 2.75) is 11.8 Å². The fraction of sp³-hybridized carbons (Fsp3) is 0.154. The predicted molar refractivity (Wildman–Crippen MR) is 137 cm³/mol. The van der Waals surface area contributed by atoms with E-state index in [1.54, 1.807) is 36.4 Å². The van der Waals surface area contributed by atoms with Gasteiger partial charge in [-0.3, -0.25) is 9.52 Å². The molecular weight excluding hydrogens is 482 g/mol. The maximum atomic E-state index is 12.7. The third kappa shape index (κ3) is 6.14. The molecule has 0 spiro atoms. The van der Waals surface area contributed by atoms with E-state index in [9.17, 15) is 18.5 Å². The van der Waals surface area contributed by atoms with Crippen LogP contribution in [-0.2, 0) is 14.8 Å². The van der Waals surface area contributed by atoms with Crippen LogP contribution in [0.5, 0.6) is 17.2 Å². The molecule has 2 N–H and O–H groups in total. The average Bonchev–Trinajstić information content (AvgIpc) is 2.88. The normalized spacial score (nSPS) is 11.2. The van der Waals surface area contributed by atoms with Crippen LogP contribution in [0, 0.1) is 18.3 Å². The number of nitrogens with zero attached hydrogens (tertiary/aromatic N) is 1. The second kappa shape index (κ2) is 11.3. The quantitative estimate of drug-likeness (QED) is 0.325. The minimum Gasteiger partial charge on any atom is -0.493 e. The average molecular weight is 508 g/mol. The highest BCUT2D eigenvalue weighted by Crippen LogP contribution is 2.38. The summed E-state index contributed by atoms with van der Waals surface area (Å²) in [6, 6.07) is 17.6. The molecule has 0 aliphatic rings. The van der Waals surface area contributed by atoms with Gasteiger partial charge >= 0.3 is 0 Å². The molecule has 9 nitrogen and oxygen atoms in total. The van der Waals surface area contributed by atoms with Gasteiger partial charge in [0, 0.05) is 11.4 Å². The molecule has 0 atom stereocenters. The molecule has 1 amide bonds. The number of benzene rings is 3. The molecule has 0 bridgehead atoms. The summed E-state index contributed by atoms with van der Waals surface area (Å²) in [5.74, 6) is 0.459. The molecule has 10 heteroatoms. The van der Waals surface area contributed by atoms with Crippen molar-refractivity contribution in [3.63, 3.8) is 0 Å². The molecule has 0 unspecified atom stereocenters. The number of hydrogen-bond acceptors (Lipinski definition) is 7. The molecule has 0 radical (unpaired) electrons. The number of carbonyl (C=O) groups is 1. The van der Waals surface area contributed by atoms with Gasteiger partial charge < -0.3 is 19.5 Å². The number of anilines is 2. The van der Waals surface area contributed by atoms with Gasteiger partial charge in [-0.25, -0.2) is 8.42 Å². The molecule has 0 saturated heterocycles. The first-order valence-electron chi connectivity index (χ1n) is 10.6. The summed E-state index contributed by atoms with van der Waals surface area (Å²) in [6.07, 6.45) is 1.38. The number of sulfonamides is 1. The largest absolute Gasteiger partial charge is 0.493 e. The van der Waals surface area contributed by atoms with Gasteiger partial charge in [0.15, 0.2) is 11.5 Å². The second-order valence-electron chi connectivity index (χ2n) is 7.58. The number of rotatable bonds is 9. The number of aryl methyl sites for hydroxylation is 1. The summed E-state index contributed by atoms with van der Waals surface area (Å²) >= 11 is 0. The van der Waals surface area contributed by atoms with E-state index in [0.717, 1.165) is 5.56 Å². The van der Waals surface area contributed by atoms with Crippen molar-refractivity contribution >= 4 is 33.4 Å². The minimum absolute atomic E-state index is 0.0227. The van der Waals surface area contributed by atoms with Gasteiger partial charge in [0.1, 0.15) is 11.6 Å². The summed E-state index contributed by atoms with van der Waals surface area (Å²) in [6.45, 7) is 1.91. The van der Waals surface area contributed by atoms with Gasteiger partial charge in [0.2, 0.25) is 5.75 Å². The number of ether oxygens (including phenoxy) is 3. The molecule has 186 valence electrons. The molecule has 0 aromatic heterocycles. The van der Waals surface area contributed by atoms with Crippen LogP contribution in [0.1, 0.15) is 11.1 Å². The second-order valence-corrected chi connectivity index (χ2v) is 9.26. The third-order valence-electron chi connectivity index (χ3n) is 5.09. The first-order valence-corrected chi connectivity index (χ1v) is 12.1. The zero-order chi connectivity index (χ0) is 26.3. The highest BCUT2D eigenvalue weighted by molar-refractivity contribution is 7.92. The van der Waals surface area contributed by atoms with Crippen molar-refractivity contribution in [3.8, 4) is 23.3 Å². The highest BCUT2D eigenvalue weighted by atomic mass is 32.2. The highest BCUT2D eigenvalue weighted by Gasteiger charge is 2.17. The van der Waals surface area contributed by atoms with Crippen LogP contribution in [0.3, 0.4) is 0 Å². The van der Waals surface area contributed by atoms with Crippen LogP contribution in [0.15, 0.2) is 71.1 Å². The molecular formula is C26H25N3O6S. The van der Waals surface area contributed by atoms with Crippen molar-refractivity contribution in [1.29, 1.82) is 5.26 Å². The monoisotopic (exact) mass is 507 g/mol. The number of hydrogen-bond donors (Lipinski definition) is 2. The summed E-state index contributed by atoms with van der Waals surface area (Å²) in [7, 11) is 0.581. The Labute approximate surface area is 210 Å². The van der Waals surface area contributed by atoms with E-state index in [0.29, 0.717) is 34.2 Å². The van der Waals surface area contributed by atoms with Crippen molar-refractivity contribution in [1.82, 2.24) is 0 Å². The molecule has 3 aromatic rings. The summed E-state index contributed by atoms with van der Waals surface area (Å²) in [5, 5.41) is 12.1. The van der Waals surface area contributed by atoms with Gasteiger partial charge in [0.05, 0.1) is 26.2 Å². The Hall–Kier alpha value is -4.49. The van der Waals surface area contributed by atoms with E-state index >= 15 is 0 Å². The minimum atomic E-state index is -3.81. The zero-order valence-corrected chi connectivity index (χ0v) is 21.0. The fourth-order valence-electron chi connectivity index (χ4n) is 3.25. The number of methoxy groups -OCH3 is 3. The smallest absolute Gasteiger partial charge is 0.266 e. The Morgan fingerprint density at radius 2 is 1.44 bits per heavy atom. The number of amides is 1. The van der Waals surface area contributed by atoms with Crippen molar-refractivity contribution < 1.29 is 27.4 Å². The lowest BCUT2D eigenvalue weighted by Gasteiger charge is -2.13. The van der Waals surface area contributed by atoms with Crippen molar-refractivity contribution in [2.75, 3.05) is 31.4 Å². The van der Waals surface area contributed by atoms with Crippen LogP contribution in [0.25, 0.3) is 6.08 Å². The molecule has 3 aromatic carbocycles. The first kappa shape index (κ1) is 26.1. The molecule has 0 saturated carbocycles. The van der Waals surface area contributed by atoms with Crippen molar-refractivity contribution in [3.05, 3.63) is 77.4 Å². The lowest BCUT2D eigenvalue weighted by molar-refractivity contribution is -0.112. The number of carbonyl (C=O) groups excluding carboxylic acids is 1. The van der Waals surface area contributed by atoms with E-state index in [-0.39, 0.29) is 10.5 Å². The van der Waals surface area contributed by atoms with Gasteiger partial charge in [-0.2, -0.15) is 5.26 Å².